The van der Waals surface area contributed by atoms with Crippen molar-refractivity contribution >= 4 is 29.1 Å². The molecule has 0 bridgehead atoms. The van der Waals surface area contributed by atoms with E-state index in [-0.39, 0.29) is 35.3 Å². The number of amides is 2. The predicted octanol–water partition coefficient (Wildman–Crippen LogP) is 2.00. The van der Waals surface area contributed by atoms with Crippen molar-refractivity contribution in [2.45, 2.75) is 44.3 Å². The Morgan fingerprint density at radius 2 is 2.10 bits per heavy atom. The summed E-state index contributed by atoms with van der Waals surface area (Å²) in [7, 11) is 0. The van der Waals surface area contributed by atoms with Crippen LogP contribution >= 0.6 is 11.8 Å². The summed E-state index contributed by atoms with van der Waals surface area (Å²) < 4.78 is 0. The lowest BCUT2D eigenvalue weighted by Crippen LogP contribution is -2.69. The third-order valence-electron chi connectivity index (χ3n) is 5.83. The second-order valence-corrected chi connectivity index (χ2v) is 9.54. The van der Waals surface area contributed by atoms with Crippen LogP contribution in [0, 0.1) is 11.8 Å². The van der Waals surface area contributed by atoms with Gasteiger partial charge in [0.05, 0.1) is 12.0 Å². The number of nitrogens with one attached hydrogen (secondary N) is 3. The van der Waals surface area contributed by atoms with Crippen LogP contribution in [0.2, 0.25) is 0 Å². The predicted molar refractivity (Wildman–Crippen MR) is 117 cm³/mol. The fourth-order valence-corrected chi connectivity index (χ4v) is 5.41. The molecular weight excluding hydrogens is 384 g/mol. The molecule has 2 amide bonds. The molecule has 4 unspecified atom stereocenters. The van der Waals surface area contributed by atoms with E-state index in [0.717, 1.165) is 24.9 Å². The molecule has 0 saturated carbocycles. The second-order valence-electron chi connectivity index (χ2n) is 8.52. The topological polar surface area (TPSA) is 73.5 Å². The number of nitrogens with zero attached hydrogens (tertiary/aromatic N) is 1. The number of carbonyl (C=O) groups excluding carboxylic acids is 2. The average Bonchev–Trinajstić information content (AvgIpc) is 3.17. The lowest BCUT2D eigenvalue weighted by Gasteiger charge is -2.43. The molecule has 3 aliphatic rings. The normalized spacial score (nSPS) is 29.9. The van der Waals surface area contributed by atoms with Crippen molar-refractivity contribution < 1.29 is 9.59 Å². The van der Waals surface area contributed by atoms with Gasteiger partial charge in [-0.05, 0) is 35.3 Å². The maximum atomic E-state index is 12.8. The van der Waals surface area contributed by atoms with Gasteiger partial charge in [0.2, 0.25) is 11.8 Å². The zero-order valence-corrected chi connectivity index (χ0v) is 17.9. The molecule has 0 radical (unpaired) electrons. The summed E-state index contributed by atoms with van der Waals surface area (Å²) in [6, 6.07) is 10.2. The average molecular weight is 415 g/mol. The van der Waals surface area contributed by atoms with Gasteiger partial charge in [0.25, 0.3) is 0 Å². The molecule has 4 atom stereocenters. The first-order chi connectivity index (χ1) is 14.0. The Hall–Kier alpha value is -1.83. The van der Waals surface area contributed by atoms with Gasteiger partial charge in [0, 0.05) is 19.6 Å². The molecule has 0 aliphatic carbocycles. The van der Waals surface area contributed by atoms with E-state index in [9.17, 15) is 9.59 Å². The summed E-state index contributed by atoms with van der Waals surface area (Å²) in [6.07, 6.45) is 1.62. The Morgan fingerprint density at radius 3 is 2.86 bits per heavy atom. The highest BCUT2D eigenvalue weighted by atomic mass is 32.2. The first-order valence-electron chi connectivity index (χ1n) is 10.5. The minimum Gasteiger partial charge on any atom is -0.356 e. The van der Waals surface area contributed by atoms with Gasteiger partial charge in [-0.2, -0.15) is 0 Å². The number of carbonyl (C=O) groups is 2. The summed E-state index contributed by atoms with van der Waals surface area (Å²) in [5, 5.41) is 11.8. The van der Waals surface area contributed by atoms with Gasteiger partial charge in [-0.15, -0.1) is 11.8 Å². The second kappa shape index (κ2) is 8.90. The van der Waals surface area contributed by atoms with Crippen molar-refractivity contribution in [3.63, 3.8) is 0 Å². The third-order valence-corrected chi connectivity index (χ3v) is 7.00. The molecule has 1 aromatic rings. The van der Waals surface area contributed by atoms with Gasteiger partial charge in [0.15, 0.2) is 0 Å². The van der Waals surface area contributed by atoms with Gasteiger partial charge in [-0.1, -0.05) is 44.2 Å². The molecule has 7 heteroatoms. The Labute approximate surface area is 176 Å². The van der Waals surface area contributed by atoms with E-state index in [2.05, 4.69) is 52.2 Å². The van der Waals surface area contributed by atoms with Crippen LogP contribution in [0.5, 0.6) is 0 Å². The van der Waals surface area contributed by atoms with Crippen LogP contribution in [0.4, 0.5) is 0 Å². The maximum Gasteiger partial charge on any atom is 0.237 e. The van der Waals surface area contributed by atoms with Crippen LogP contribution in [0.3, 0.4) is 0 Å². The summed E-state index contributed by atoms with van der Waals surface area (Å²) in [4.78, 5) is 27.6. The van der Waals surface area contributed by atoms with E-state index in [1.165, 1.54) is 5.57 Å². The largest absolute Gasteiger partial charge is 0.356 e. The molecule has 0 spiro atoms. The first-order valence-corrected chi connectivity index (χ1v) is 11.5. The van der Waals surface area contributed by atoms with Crippen molar-refractivity contribution in [3.05, 3.63) is 41.3 Å². The lowest BCUT2D eigenvalue weighted by atomic mass is 9.94. The highest BCUT2D eigenvalue weighted by Gasteiger charge is 2.44. The maximum absolute atomic E-state index is 12.8. The Balaban J connectivity index is 1.43. The van der Waals surface area contributed by atoms with Crippen LogP contribution in [0.15, 0.2) is 35.7 Å². The van der Waals surface area contributed by atoms with Crippen molar-refractivity contribution in [1.82, 2.24) is 20.9 Å². The van der Waals surface area contributed by atoms with Crippen molar-refractivity contribution in [1.29, 1.82) is 0 Å². The van der Waals surface area contributed by atoms with Crippen LogP contribution in [0.25, 0.3) is 5.57 Å². The van der Waals surface area contributed by atoms with E-state index in [0.29, 0.717) is 19.0 Å². The lowest BCUT2D eigenvalue weighted by molar-refractivity contribution is -0.129. The molecular formula is C22H30N4O2S. The van der Waals surface area contributed by atoms with E-state index in [1.807, 2.05) is 18.2 Å². The van der Waals surface area contributed by atoms with Crippen molar-refractivity contribution in [2.75, 3.05) is 19.6 Å². The minimum atomic E-state index is -0.240. The quantitative estimate of drug-likeness (QED) is 0.687. The Morgan fingerprint density at radius 1 is 1.31 bits per heavy atom. The van der Waals surface area contributed by atoms with Gasteiger partial charge in [-0.3, -0.25) is 19.8 Å². The molecule has 1 aromatic carbocycles. The highest BCUT2D eigenvalue weighted by Crippen LogP contribution is 2.38. The fourth-order valence-electron chi connectivity index (χ4n) is 4.26. The highest BCUT2D eigenvalue weighted by molar-refractivity contribution is 8.04. The van der Waals surface area contributed by atoms with E-state index >= 15 is 0 Å². The number of piperidine rings is 1. The standard InChI is InChI=1S/C22H30N4O2S/c1-14(2)11-23-20(27)16-9-6-10-26(12-16)22-24-18-17(15-7-4-3-5-8-15)13-29-19(18)21(28)25-22/h3-5,7-8,13-14,16,18-19,22,24H,6,9-12H2,1-2H3,(H,23,27)(H,25,28). The van der Waals surface area contributed by atoms with Crippen LogP contribution in [0.1, 0.15) is 32.3 Å². The number of hydrogen-bond acceptors (Lipinski definition) is 5. The van der Waals surface area contributed by atoms with Gasteiger partial charge in [-0.25, -0.2) is 0 Å². The number of hydrogen-bond donors (Lipinski definition) is 3. The van der Waals surface area contributed by atoms with E-state index in [1.54, 1.807) is 11.8 Å². The molecule has 156 valence electrons. The zero-order chi connectivity index (χ0) is 20.4. The van der Waals surface area contributed by atoms with Crippen LogP contribution < -0.4 is 16.0 Å². The summed E-state index contributed by atoms with van der Waals surface area (Å²) >= 11 is 1.58. The monoisotopic (exact) mass is 414 g/mol. The molecule has 3 aliphatic heterocycles. The third kappa shape index (κ3) is 4.52. The minimum absolute atomic E-state index is 0.0173. The summed E-state index contributed by atoms with van der Waals surface area (Å²) in [5.41, 5.74) is 2.32. The Kier molecular flexibility index (Phi) is 6.27. The molecule has 4 rings (SSSR count). The number of benzene rings is 1. The number of likely N-dealkylation sites (tertiary alicyclic amines) is 1. The molecule has 6 nitrogen and oxygen atoms in total. The van der Waals surface area contributed by atoms with Gasteiger partial charge < -0.3 is 10.6 Å². The molecule has 3 heterocycles. The van der Waals surface area contributed by atoms with Crippen LogP contribution in [-0.4, -0.2) is 53.9 Å². The molecule has 2 fully saturated rings. The first kappa shape index (κ1) is 20.4. The van der Waals surface area contributed by atoms with Gasteiger partial charge in [0.1, 0.15) is 11.5 Å². The number of fused-ring (bicyclic) bond motifs is 1. The van der Waals surface area contributed by atoms with Crippen molar-refractivity contribution in [3.8, 4) is 0 Å². The zero-order valence-electron chi connectivity index (χ0n) is 17.1. The van der Waals surface area contributed by atoms with Crippen LogP contribution in [-0.2, 0) is 9.59 Å². The molecule has 29 heavy (non-hydrogen) atoms. The molecule has 0 aromatic heterocycles. The summed E-state index contributed by atoms with van der Waals surface area (Å²) in [5.74, 6) is 0.612. The smallest absolute Gasteiger partial charge is 0.237 e. The molecule has 2 saturated heterocycles. The SMILES string of the molecule is CC(C)CNC(=O)C1CCCN(C2NC(=O)C3SC=C(c4ccccc4)C3N2)C1. The van der Waals surface area contributed by atoms with Crippen molar-refractivity contribution in [2.24, 2.45) is 11.8 Å². The van der Waals surface area contributed by atoms with Gasteiger partial charge >= 0.3 is 0 Å². The number of rotatable bonds is 5. The summed E-state index contributed by atoms with van der Waals surface area (Å²) in [6.45, 7) is 6.45. The Bertz CT molecular complexity index is 782. The fraction of sp³-hybridized carbons (Fsp3) is 0.545. The van der Waals surface area contributed by atoms with E-state index < -0.39 is 0 Å². The van der Waals surface area contributed by atoms with E-state index in [4.69, 9.17) is 0 Å². The number of thioether (sulfide) groups is 1. The molecule has 3 N–H and O–H groups in total.